The molecule has 0 unspecified atom stereocenters. The van der Waals surface area contributed by atoms with Crippen molar-refractivity contribution in [2.24, 2.45) is 5.92 Å². The number of hydrogen-bond donors (Lipinski definition) is 0. The standard InChI is InChI=1S/C27H44O4/c1-4-7-8-9-10-11-12-13-14-15-16-21-30-26(28)24-17-19-25(20-18-24)27(29)31-22-23(5-2)6-3/h17-20,23H,4-16,21-22H2,1-3H3. The van der Waals surface area contributed by atoms with Crippen LogP contribution in [-0.2, 0) is 9.47 Å². The smallest absolute Gasteiger partial charge is 0.338 e. The van der Waals surface area contributed by atoms with E-state index in [9.17, 15) is 9.59 Å². The number of carbonyl (C=O) groups excluding carboxylic acids is 2. The highest BCUT2D eigenvalue weighted by Crippen LogP contribution is 2.13. The van der Waals surface area contributed by atoms with Gasteiger partial charge in [-0.05, 0) is 36.6 Å². The van der Waals surface area contributed by atoms with E-state index in [1.807, 2.05) is 0 Å². The second-order valence-electron chi connectivity index (χ2n) is 8.53. The van der Waals surface area contributed by atoms with E-state index < -0.39 is 0 Å². The Morgan fingerprint density at radius 3 is 1.52 bits per heavy atom. The summed E-state index contributed by atoms with van der Waals surface area (Å²) in [6, 6.07) is 6.54. The van der Waals surface area contributed by atoms with E-state index >= 15 is 0 Å². The number of esters is 2. The van der Waals surface area contributed by atoms with Gasteiger partial charge in [-0.2, -0.15) is 0 Å². The van der Waals surface area contributed by atoms with Gasteiger partial charge in [0.25, 0.3) is 0 Å². The molecule has 1 aromatic rings. The molecular weight excluding hydrogens is 388 g/mol. The van der Waals surface area contributed by atoms with Gasteiger partial charge in [-0.1, -0.05) is 97.8 Å². The third-order valence-electron chi connectivity index (χ3n) is 5.94. The molecule has 0 bridgehead atoms. The normalized spacial score (nSPS) is 11.0. The summed E-state index contributed by atoms with van der Waals surface area (Å²) in [4.78, 5) is 24.3. The van der Waals surface area contributed by atoms with Gasteiger partial charge in [-0.15, -0.1) is 0 Å². The maximum atomic E-state index is 12.2. The van der Waals surface area contributed by atoms with Crippen molar-refractivity contribution in [3.63, 3.8) is 0 Å². The number of unbranched alkanes of at least 4 members (excludes halogenated alkanes) is 10. The molecule has 0 saturated heterocycles. The van der Waals surface area contributed by atoms with Crippen LogP contribution in [0.4, 0.5) is 0 Å². The van der Waals surface area contributed by atoms with Crippen molar-refractivity contribution in [3.05, 3.63) is 35.4 Å². The average molecular weight is 433 g/mol. The molecule has 0 aliphatic rings. The second-order valence-corrected chi connectivity index (χ2v) is 8.53. The van der Waals surface area contributed by atoms with E-state index in [2.05, 4.69) is 20.8 Å². The number of benzene rings is 1. The molecule has 1 aromatic carbocycles. The highest BCUT2D eigenvalue weighted by molar-refractivity contribution is 5.93. The van der Waals surface area contributed by atoms with Crippen molar-refractivity contribution >= 4 is 11.9 Å². The Hall–Kier alpha value is -1.84. The lowest BCUT2D eigenvalue weighted by molar-refractivity contribution is 0.0430. The van der Waals surface area contributed by atoms with Gasteiger partial charge in [0.1, 0.15) is 0 Å². The van der Waals surface area contributed by atoms with Crippen LogP contribution in [-0.4, -0.2) is 25.2 Å². The molecule has 176 valence electrons. The first-order chi connectivity index (χ1) is 15.1. The summed E-state index contributed by atoms with van der Waals surface area (Å²) < 4.78 is 10.7. The topological polar surface area (TPSA) is 52.6 Å². The third-order valence-corrected chi connectivity index (χ3v) is 5.94. The van der Waals surface area contributed by atoms with E-state index in [0.717, 1.165) is 25.7 Å². The van der Waals surface area contributed by atoms with Crippen LogP contribution in [0.15, 0.2) is 24.3 Å². The average Bonchev–Trinajstić information content (AvgIpc) is 2.80. The SMILES string of the molecule is CCCCCCCCCCCCCOC(=O)c1ccc(C(=O)OCC(CC)CC)cc1. The van der Waals surface area contributed by atoms with E-state index in [0.29, 0.717) is 30.3 Å². The van der Waals surface area contributed by atoms with Crippen LogP contribution >= 0.6 is 0 Å². The third kappa shape index (κ3) is 12.6. The second kappa shape index (κ2) is 17.8. The molecule has 4 nitrogen and oxygen atoms in total. The maximum absolute atomic E-state index is 12.2. The summed E-state index contributed by atoms with van der Waals surface area (Å²) in [5.41, 5.74) is 0.937. The van der Waals surface area contributed by atoms with Crippen molar-refractivity contribution < 1.29 is 19.1 Å². The van der Waals surface area contributed by atoms with Crippen LogP contribution in [0.5, 0.6) is 0 Å². The molecule has 0 aliphatic carbocycles. The van der Waals surface area contributed by atoms with Gasteiger partial charge >= 0.3 is 11.9 Å². The summed E-state index contributed by atoms with van der Waals surface area (Å²) in [6.07, 6.45) is 15.9. The van der Waals surface area contributed by atoms with Gasteiger partial charge < -0.3 is 9.47 Å². The monoisotopic (exact) mass is 432 g/mol. The van der Waals surface area contributed by atoms with Gasteiger partial charge in [0.15, 0.2) is 0 Å². The van der Waals surface area contributed by atoms with Crippen molar-refractivity contribution in [1.82, 2.24) is 0 Å². The number of hydrogen-bond acceptors (Lipinski definition) is 4. The number of rotatable bonds is 18. The van der Waals surface area contributed by atoms with Gasteiger partial charge in [0, 0.05) is 0 Å². The minimum Gasteiger partial charge on any atom is -0.462 e. The Morgan fingerprint density at radius 1 is 0.645 bits per heavy atom. The lowest BCUT2D eigenvalue weighted by Crippen LogP contribution is -2.13. The Bertz CT molecular complexity index is 590. The maximum Gasteiger partial charge on any atom is 0.338 e. The molecule has 0 spiro atoms. The molecule has 4 heteroatoms. The van der Waals surface area contributed by atoms with E-state index in [1.165, 1.54) is 57.8 Å². The highest BCUT2D eigenvalue weighted by Gasteiger charge is 2.13. The van der Waals surface area contributed by atoms with Crippen molar-refractivity contribution in [3.8, 4) is 0 Å². The molecule has 0 radical (unpaired) electrons. The fraction of sp³-hybridized carbons (Fsp3) is 0.704. The van der Waals surface area contributed by atoms with Crippen LogP contribution in [0.25, 0.3) is 0 Å². The lowest BCUT2D eigenvalue weighted by Gasteiger charge is -2.12. The lowest BCUT2D eigenvalue weighted by atomic mass is 10.1. The number of carbonyl (C=O) groups is 2. The molecule has 0 amide bonds. The Balaban J connectivity index is 2.13. The van der Waals surface area contributed by atoms with E-state index in [4.69, 9.17) is 9.47 Å². The molecular formula is C27H44O4. The van der Waals surface area contributed by atoms with Crippen LogP contribution in [0.2, 0.25) is 0 Å². The predicted octanol–water partition coefficient (Wildman–Crippen LogP) is 7.75. The van der Waals surface area contributed by atoms with E-state index in [-0.39, 0.29) is 11.9 Å². The fourth-order valence-corrected chi connectivity index (χ4v) is 3.56. The van der Waals surface area contributed by atoms with Gasteiger partial charge in [-0.3, -0.25) is 0 Å². The Labute approximate surface area is 190 Å². The molecule has 0 aromatic heterocycles. The molecule has 31 heavy (non-hydrogen) atoms. The first-order valence-corrected chi connectivity index (χ1v) is 12.6. The van der Waals surface area contributed by atoms with Gasteiger partial charge in [-0.25, -0.2) is 9.59 Å². The zero-order chi connectivity index (χ0) is 22.7. The predicted molar refractivity (Wildman–Crippen MR) is 128 cm³/mol. The molecule has 0 aliphatic heterocycles. The molecule has 0 N–H and O–H groups in total. The Morgan fingerprint density at radius 2 is 1.06 bits per heavy atom. The quantitative estimate of drug-likeness (QED) is 0.176. The molecule has 0 heterocycles. The number of ether oxygens (including phenoxy) is 2. The zero-order valence-corrected chi connectivity index (χ0v) is 20.1. The van der Waals surface area contributed by atoms with E-state index in [1.54, 1.807) is 24.3 Å². The van der Waals surface area contributed by atoms with Crippen LogP contribution in [0, 0.1) is 5.92 Å². The van der Waals surface area contributed by atoms with Crippen molar-refractivity contribution in [2.75, 3.05) is 13.2 Å². The van der Waals surface area contributed by atoms with Crippen LogP contribution < -0.4 is 0 Å². The summed E-state index contributed by atoms with van der Waals surface area (Å²) in [6.45, 7) is 7.34. The van der Waals surface area contributed by atoms with Crippen LogP contribution in [0.1, 0.15) is 125 Å². The largest absolute Gasteiger partial charge is 0.462 e. The molecule has 0 atom stereocenters. The van der Waals surface area contributed by atoms with Gasteiger partial charge in [0.05, 0.1) is 24.3 Å². The van der Waals surface area contributed by atoms with Crippen molar-refractivity contribution in [1.29, 1.82) is 0 Å². The van der Waals surface area contributed by atoms with Crippen LogP contribution in [0.3, 0.4) is 0 Å². The minimum atomic E-state index is -0.340. The zero-order valence-electron chi connectivity index (χ0n) is 20.1. The summed E-state index contributed by atoms with van der Waals surface area (Å²) >= 11 is 0. The summed E-state index contributed by atoms with van der Waals surface area (Å²) in [5.74, 6) is -0.273. The molecule has 0 fully saturated rings. The summed E-state index contributed by atoms with van der Waals surface area (Å²) in [7, 11) is 0. The van der Waals surface area contributed by atoms with Crippen molar-refractivity contribution in [2.45, 2.75) is 104 Å². The fourth-order valence-electron chi connectivity index (χ4n) is 3.56. The molecule has 1 rings (SSSR count). The first-order valence-electron chi connectivity index (χ1n) is 12.6. The molecule has 0 saturated carbocycles. The summed E-state index contributed by atoms with van der Waals surface area (Å²) in [5, 5.41) is 0. The van der Waals surface area contributed by atoms with Gasteiger partial charge in [0.2, 0.25) is 0 Å². The minimum absolute atomic E-state index is 0.330. The first kappa shape index (κ1) is 27.2. The Kier molecular flexibility index (Phi) is 15.6. The highest BCUT2D eigenvalue weighted by atomic mass is 16.5.